The average molecular weight is 278 g/mol. The first-order chi connectivity index (χ1) is 9.49. The number of carbonyl (C=O) groups is 1. The van der Waals surface area contributed by atoms with Crippen molar-refractivity contribution in [3.8, 4) is 0 Å². The molecule has 0 spiro atoms. The van der Waals surface area contributed by atoms with Gasteiger partial charge in [0.05, 0.1) is 11.2 Å². The Morgan fingerprint density at radius 3 is 2.75 bits per heavy atom. The third-order valence-electron chi connectivity index (χ3n) is 4.44. The van der Waals surface area contributed by atoms with E-state index in [1.165, 1.54) is 0 Å². The van der Waals surface area contributed by atoms with Crippen LogP contribution in [0.4, 0.5) is 0 Å². The summed E-state index contributed by atoms with van der Waals surface area (Å²) in [7, 11) is 0. The third-order valence-corrected chi connectivity index (χ3v) is 4.44. The second-order valence-electron chi connectivity index (χ2n) is 6.11. The van der Waals surface area contributed by atoms with Crippen molar-refractivity contribution in [1.29, 1.82) is 0 Å². The van der Waals surface area contributed by atoms with Gasteiger partial charge in [-0.05, 0) is 51.5 Å². The summed E-state index contributed by atoms with van der Waals surface area (Å²) in [6, 6.07) is 1.84. The molecule has 1 aromatic heterocycles. The van der Waals surface area contributed by atoms with Crippen LogP contribution in [0.3, 0.4) is 0 Å². The molecule has 0 aromatic carbocycles. The minimum Gasteiger partial charge on any atom is -0.344 e. The van der Waals surface area contributed by atoms with E-state index >= 15 is 0 Å². The van der Waals surface area contributed by atoms with Crippen LogP contribution in [0.25, 0.3) is 0 Å². The summed E-state index contributed by atoms with van der Waals surface area (Å²) in [5.74, 6) is 0.683. The number of rotatable bonds is 4. The quantitative estimate of drug-likeness (QED) is 0.882. The summed E-state index contributed by atoms with van der Waals surface area (Å²) in [5, 5.41) is 7.51. The number of aromatic nitrogens is 2. The highest BCUT2D eigenvalue weighted by Gasteiger charge is 2.35. The van der Waals surface area contributed by atoms with Crippen LogP contribution in [0.5, 0.6) is 0 Å². The molecular weight excluding hydrogens is 252 g/mol. The molecule has 0 aliphatic heterocycles. The number of aryl methyl sites for hydroxylation is 2. The summed E-state index contributed by atoms with van der Waals surface area (Å²) in [5.41, 5.74) is 7.22. The number of nitrogens with two attached hydrogens (primary N) is 1. The molecule has 1 amide bonds. The Bertz CT molecular complexity index is 472. The molecular formula is C15H26N4O. The van der Waals surface area contributed by atoms with Gasteiger partial charge in [-0.25, -0.2) is 0 Å². The number of carbonyl (C=O) groups excluding carboxylic acids is 1. The number of amides is 1. The summed E-state index contributed by atoms with van der Waals surface area (Å²) in [6.07, 6.45) is 4.19. The van der Waals surface area contributed by atoms with Crippen LogP contribution >= 0.6 is 0 Å². The molecule has 3 N–H and O–H groups in total. The first kappa shape index (κ1) is 15.0. The average Bonchev–Trinajstić information content (AvgIpc) is 2.83. The molecule has 2 rings (SSSR count). The Kier molecular flexibility index (Phi) is 4.48. The van der Waals surface area contributed by atoms with Crippen molar-refractivity contribution in [2.24, 2.45) is 11.7 Å². The van der Waals surface area contributed by atoms with Crippen LogP contribution in [-0.2, 0) is 6.54 Å². The molecule has 112 valence electrons. The minimum absolute atomic E-state index is 0.0487. The van der Waals surface area contributed by atoms with E-state index in [-0.39, 0.29) is 11.4 Å². The number of nitrogens with one attached hydrogen (secondary N) is 1. The fourth-order valence-electron chi connectivity index (χ4n) is 2.97. The molecule has 1 heterocycles. The van der Waals surface area contributed by atoms with Crippen molar-refractivity contribution in [1.82, 2.24) is 15.1 Å². The summed E-state index contributed by atoms with van der Waals surface area (Å²) in [6.45, 7) is 7.36. The Labute approximate surface area is 120 Å². The molecule has 1 aromatic rings. The van der Waals surface area contributed by atoms with Gasteiger partial charge in [-0.15, -0.1) is 0 Å². The predicted molar refractivity (Wildman–Crippen MR) is 79.5 cm³/mol. The van der Waals surface area contributed by atoms with Gasteiger partial charge >= 0.3 is 0 Å². The highest BCUT2D eigenvalue weighted by atomic mass is 16.2. The van der Waals surface area contributed by atoms with Gasteiger partial charge in [0, 0.05) is 13.1 Å². The summed E-state index contributed by atoms with van der Waals surface area (Å²) in [4.78, 5) is 12.5. The number of hydrogen-bond acceptors (Lipinski definition) is 3. The SMILES string of the molecule is CCn1nc(C)cc1C(=O)NC1(CN)CCC(C)CC1. The smallest absolute Gasteiger partial charge is 0.270 e. The van der Waals surface area contributed by atoms with E-state index in [1.54, 1.807) is 4.68 Å². The standard InChI is InChI=1S/C15H26N4O/c1-4-19-13(9-12(3)18-19)14(20)17-15(10-16)7-5-11(2)6-8-15/h9,11H,4-8,10,16H2,1-3H3,(H,17,20). The van der Waals surface area contributed by atoms with E-state index in [0.717, 1.165) is 37.3 Å². The lowest BCUT2D eigenvalue weighted by Crippen LogP contribution is -2.55. The molecule has 0 saturated heterocycles. The van der Waals surface area contributed by atoms with Crippen molar-refractivity contribution in [3.63, 3.8) is 0 Å². The maximum Gasteiger partial charge on any atom is 0.270 e. The van der Waals surface area contributed by atoms with E-state index in [4.69, 9.17) is 5.73 Å². The van der Waals surface area contributed by atoms with Crippen molar-refractivity contribution >= 4 is 5.91 Å². The Balaban J connectivity index is 2.13. The van der Waals surface area contributed by atoms with E-state index in [1.807, 2.05) is 19.9 Å². The third kappa shape index (κ3) is 3.03. The van der Waals surface area contributed by atoms with Gasteiger partial charge in [0.1, 0.15) is 5.69 Å². The normalized spacial score (nSPS) is 26.5. The van der Waals surface area contributed by atoms with Gasteiger partial charge in [-0.1, -0.05) is 6.92 Å². The molecule has 20 heavy (non-hydrogen) atoms. The van der Waals surface area contributed by atoms with Crippen LogP contribution < -0.4 is 11.1 Å². The van der Waals surface area contributed by atoms with Crippen molar-refractivity contribution in [3.05, 3.63) is 17.5 Å². The molecule has 0 unspecified atom stereocenters. The van der Waals surface area contributed by atoms with E-state index < -0.39 is 0 Å². The highest BCUT2D eigenvalue weighted by Crippen LogP contribution is 2.31. The predicted octanol–water partition coefficient (Wildman–Crippen LogP) is 1.85. The molecule has 5 heteroatoms. The maximum absolute atomic E-state index is 12.5. The maximum atomic E-state index is 12.5. The van der Waals surface area contributed by atoms with E-state index in [9.17, 15) is 4.79 Å². The van der Waals surface area contributed by atoms with Gasteiger partial charge < -0.3 is 11.1 Å². The van der Waals surface area contributed by atoms with Crippen molar-refractivity contribution in [2.45, 2.75) is 58.5 Å². The first-order valence-electron chi connectivity index (χ1n) is 7.56. The number of nitrogens with zero attached hydrogens (tertiary/aromatic N) is 2. The largest absolute Gasteiger partial charge is 0.344 e. The van der Waals surface area contributed by atoms with Gasteiger partial charge in [0.15, 0.2) is 0 Å². The van der Waals surface area contributed by atoms with Crippen LogP contribution in [0.15, 0.2) is 6.07 Å². The fraction of sp³-hybridized carbons (Fsp3) is 0.733. The summed E-state index contributed by atoms with van der Waals surface area (Å²) < 4.78 is 1.75. The lowest BCUT2D eigenvalue weighted by atomic mass is 9.77. The zero-order valence-electron chi connectivity index (χ0n) is 12.8. The van der Waals surface area contributed by atoms with Gasteiger partial charge in [0.25, 0.3) is 5.91 Å². The van der Waals surface area contributed by atoms with Gasteiger partial charge in [0.2, 0.25) is 0 Å². The zero-order chi connectivity index (χ0) is 14.8. The van der Waals surface area contributed by atoms with Crippen molar-refractivity contribution < 1.29 is 4.79 Å². The molecule has 0 atom stereocenters. The Hall–Kier alpha value is -1.36. The highest BCUT2D eigenvalue weighted by molar-refractivity contribution is 5.93. The monoisotopic (exact) mass is 278 g/mol. The molecule has 1 aliphatic carbocycles. The number of hydrogen-bond donors (Lipinski definition) is 2. The Morgan fingerprint density at radius 1 is 1.55 bits per heavy atom. The fourth-order valence-corrected chi connectivity index (χ4v) is 2.97. The molecule has 1 fully saturated rings. The van der Waals surface area contributed by atoms with Crippen LogP contribution in [0, 0.1) is 12.8 Å². The van der Waals surface area contributed by atoms with Crippen LogP contribution in [0.2, 0.25) is 0 Å². The lowest BCUT2D eigenvalue weighted by molar-refractivity contribution is 0.0849. The van der Waals surface area contributed by atoms with Gasteiger partial charge in [-0.2, -0.15) is 5.10 Å². The Morgan fingerprint density at radius 2 is 2.20 bits per heavy atom. The summed E-state index contributed by atoms with van der Waals surface area (Å²) >= 11 is 0. The molecule has 5 nitrogen and oxygen atoms in total. The minimum atomic E-state index is -0.236. The van der Waals surface area contributed by atoms with Crippen LogP contribution in [-0.4, -0.2) is 27.8 Å². The second-order valence-corrected chi connectivity index (χ2v) is 6.11. The topological polar surface area (TPSA) is 72.9 Å². The van der Waals surface area contributed by atoms with Crippen molar-refractivity contribution in [2.75, 3.05) is 6.54 Å². The van der Waals surface area contributed by atoms with E-state index in [2.05, 4.69) is 17.3 Å². The molecule has 1 saturated carbocycles. The van der Waals surface area contributed by atoms with Crippen LogP contribution in [0.1, 0.15) is 55.7 Å². The molecule has 0 radical (unpaired) electrons. The molecule has 0 bridgehead atoms. The first-order valence-corrected chi connectivity index (χ1v) is 7.56. The van der Waals surface area contributed by atoms with E-state index in [0.29, 0.717) is 18.8 Å². The zero-order valence-corrected chi connectivity index (χ0v) is 12.8. The molecule has 1 aliphatic rings. The van der Waals surface area contributed by atoms with Gasteiger partial charge in [-0.3, -0.25) is 9.48 Å². The lowest BCUT2D eigenvalue weighted by Gasteiger charge is -2.39. The second kappa shape index (κ2) is 5.95.